The standard InChI is InChI=1S/C24H23N5O/c30-24(16-5-4-12-25-14-16)29-18-10-11-20(29)21-19(13-18)27-22(15-8-9-15)28-23(21)26-17-6-2-1-3-7-17/h1-7,12,14-15,18,20H,8-11,13H2,(H,26,27,28)/t18-,20+/m0/s1. The number of benzene rings is 1. The topological polar surface area (TPSA) is 71.0 Å². The number of aromatic nitrogens is 3. The molecule has 1 saturated carbocycles. The Morgan fingerprint density at radius 2 is 1.87 bits per heavy atom. The van der Waals surface area contributed by atoms with E-state index in [1.54, 1.807) is 12.4 Å². The van der Waals surface area contributed by atoms with Gasteiger partial charge in [0.25, 0.3) is 5.91 Å². The summed E-state index contributed by atoms with van der Waals surface area (Å²) in [5.74, 6) is 2.36. The van der Waals surface area contributed by atoms with Crippen LogP contribution in [-0.4, -0.2) is 31.8 Å². The lowest BCUT2D eigenvalue weighted by Gasteiger charge is -2.37. The maximum atomic E-state index is 13.3. The molecule has 1 amide bonds. The summed E-state index contributed by atoms with van der Waals surface area (Å²) < 4.78 is 0. The van der Waals surface area contributed by atoms with E-state index in [0.29, 0.717) is 11.5 Å². The SMILES string of the molecule is O=C(c1cccnc1)N1[C@H]2CC[C@@H]1c1c(nc(C3CC3)nc1Nc1ccccc1)C2. The molecule has 2 aromatic heterocycles. The van der Waals surface area contributed by atoms with Crippen LogP contribution < -0.4 is 5.32 Å². The fourth-order valence-corrected chi connectivity index (χ4v) is 4.85. The average Bonchev–Trinajstić information content (AvgIpc) is 3.59. The number of para-hydroxylation sites is 1. The van der Waals surface area contributed by atoms with Gasteiger partial charge in [-0.1, -0.05) is 18.2 Å². The molecule has 6 nitrogen and oxygen atoms in total. The van der Waals surface area contributed by atoms with E-state index in [4.69, 9.17) is 9.97 Å². The number of anilines is 2. The first-order chi connectivity index (χ1) is 14.8. The molecule has 150 valence electrons. The van der Waals surface area contributed by atoms with E-state index >= 15 is 0 Å². The van der Waals surface area contributed by atoms with Crippen LogP contribution in [0, 0.1) is 0 Å². The molecule has 6 heteroatoms. The molecular weight excluding hydrogens is 374 g/mol. The molecule has 6 rings (SSSR count). The highest BCUT2D eigenvalue weighted by Gasteiger charge is 2.45. The first kappa shape index (κ1) is 17.6. The minimum atomic E-state index is 0.00548. The number of nitrogens with zero attached hydrogens (tertiary/aromatic N) is 4. The van der Waals surface area contributed by atoms with E-state index in [1.165, 1.54) is 12.8 Å². The monoisotopic (exact) mass is 397 g/mol. The molecule has 1 N–H and O–H groups in total. The van der Waals surface area contributed by atoms with E-state index in [2.05, 4.69) is 15.2 Å². The molecule has 4 heterocycles. The van der Waals surface area contributed by atoms with Crippen molar-refractivity contribution in [2.75, 3.05) is 5.32 Å². The fraction of sp³-hybridized carbons (Fsp3) is 0.333. The van der Waals surface area contributed by atoms with Crippen LogP contribution in [-0.2, 0) is 6.42 Å². The maximum absolute atomic E-state index is 13.3. The Bertz CT molecular complexity index is 1100. The van der Waals surface area contributed by atoms with Crippen molar-refractivity contribution in [3.8, 4) is 0 Å². The van der Waals surface area contributed by atoms with Crippen LogP contribution in [0.15, 0.2) is 54.9 Å². The Hall–Kier alpha value is -3.28. The molecule has 0 radical (unpaired) electrons. The second kappa shape index (κ2) is 6.90. The van der Waals surface area contributed by atoms with Gasteiger partial charge in [0.05, 0.1) is 17.3 Å². The lowest BCUT2D eigenvalue weighted by atomic mass is 9.96. The maximum Gasteiger partial charge on any atom is 0.256 e. The van der Waals surface area contributed by atoms with Gasteiger partial charge in [0.2, 0.25) is 0 Å². The zero-order chi connectivity index (χ0) is 20.1. The van der Waals surface area contributed by atoms with Gasteiger partial charge in [-0.2, -0.15) is 0 Å². The highest BCUT2D eigenvalue weighted by atomic mass is 16.2. The lowest BCUT2D eigenvalue weighted by Crippen LogP contribution is -2.42. The van der Waals surface area contributed by atoms with E-state index < -0.39 is 0 Å². The number of amides is 1. The zero-order valence-electron chi connectivity index (χ0n) is 16.7. The number of nitrogens with one attached hydrogen (secondary N) is 1. The average molecular weight is 397 g/mol. The van der Waals surface area contributed by atoms with Gasteiger partial charge < -0.3 is 10.2 Å². The van der Waals surface area contributed by atoms with Crippen molar-refractivity contribution in [1.29, 1.82) is 0 Å². The van der Waals surface area contributed by atoms with Crippen molar-refractivity contribution in [3.05, 3.63) is 77.5 Å². The molecule has 2 fully saturated rings. The number of carbonyl (C=O) groups is 1. The smallest absolute Gasteiger partial charge is 0.256 e. The van der Waals surface area contributed by atoms with Crippen LogP contribution in [0.2, 0.25) is 0 Å². The first-order valence-electron chi connectivity index (χ1n) is 10.7. The predicted octanol–water partition coefficient (Wildman–Crippen LogP) is 4.39. The van der Waals surface area contributed by atoms with Gasteiger partial charge in [-0.25, -0.2) is 9.97 Å². The second-order valence-corrected chi connectivity index (χ2v) is 8.46. The van der Waals surface area contributed by atoms with Gasteiger partial charge in [-0.3, -0.25) is 9.78 Å². The molecule has 1 saturated heterocycles. The van der Waals surface area contributed by atoms with Crippen molar-refractivity contribution in [2.24, 2.45) is 0 Å². The van der Waals surface area contributed by atoms with Gasteiger partial charge in [0.15, 0.2) is 0 Å². The van der Waals surface area contributed by atoms with Crippen LogP contribution in [0.5, 0.6) is 0 Å². The van der Waals surface area contributed by atoms with Crippen LogP contribution >= 0.6 is 0 Å². The summed E-state index contributed by atoms with van der Waals surface area (Å²) in [7, 11) is 0. The third kappa shape index (κ3) is 2.95. The molecule has 1 aliphatic carbocycles. The first-order valence-corrected chi connectivity index (χ1v) is 10.7. The Kier molecular flexibility index (Phi) is 4.04. The Labute approximate surface area is 175 Å². The summed E-state index contributed by atoms with van der Waals surface area (Å²) in [4.78, 5) is 29.5. The van der Waals surface area contributed by atoms with Crippen molar-refractivity contribution in [1.82, 2.24) is 19.9 Å². The summed E-state index contributed by atoms with van der Waals surface area (Å²) >= 11 is 0. The van der Waals surface area contributed by atoms with Gasteiger partial charge in [-0.05, 0) is 49.9 Å². The van der Waals surface area contributed by atoms with Crippen LogP contribution in [0.3, 0.4) is 0 Å². The quantitative estimate of drug-likeness (QED) is 0.707. The molecule has 2 bridgehead atoms. The minimum absolute atomic E-state index is 0.00548. The van der Waals surface area contributed by atoms with Crippen molar-refractivity contribution in [3.63, 3.8) is 0 Å². The molecule has 3 aliphatic rings. The van der Waals surface area contributed by atoms with E-state index in [0.717, 1.165) is 47.8 Å². The van der Waals surface area contributed by atoms with Gasteiger partial charge >= 0.3 is 0 Å². The Morgan fingerprint density at radius 1 is 1.00 bits per heavy atom. The van der Waals surface area contributed by atoms with E-state index in [1.807, 2.05) is 42.5 Å². The van der Waals surface area contributed by atoms with Crippen molar-refractivity contribution >= 4 is 17.4 Å². The molecule has 3 aromatic rings. The number of fused-ring (bicyclic) bond motifs is 4. The predicted molar refractivity (Wildman–Crippen MR) is 114 cm³/mol. The second-order valence-electron chi connectivity index (χ2n) is 8.46. The molecule has 2 atom stereocenters. The molecule has 1 aromatic carbocycles. The summed E-state index contributed by atoms with van der Waals surface area (Å²) in [5.41, 5.74) is 3.86. The lowest BCUT2D eigenvalue weighted by molar-refractivity contribution is 0.0644. The number of pyridine rings is 1. The molecule has 30 heavy (non-hydrogen) atoms. The minimum Gasteiger partial charge on any atom is -0.340 e. The number of hydrogen-bond donors (Lipinski definition) is 1. The summed E-state index contributed by atoms with van der Waals surface area (Å²) in [6.45, 7) is 0. The fourth-order valence-electron chi connectivity index (χ4n) is 4.85. The van der Waals surface area contributed by atoms with E-state index in [-0.39, 0.29) is 18.0 Å². The third-order valence-electron chi connectivity index (χ3n) is 6.43. The highest BCUT2D eigenvalue weighted by molar-refractivity contribution is 5.95. The normalized spacial score (nSPS) is 21.9. The van der Waals surface area contributed by atoms with Crippen molar-refractivity contribution < 1.29 is 4.79 Å². The number of rotatable bonds is 4. The molecule has 0 unspecified atom stereocenters. The molecular formula is C24H23N5O. The third-order valence-corrected chi connectivity index (χ3v) is 6.43. The largest absolute Gasteiger partial charge is 0.340 e. The van der Waals surface area contributed by atoms with Crippen LogP contribution in [0.4, 0.5) is 11.5 Å². The van der Waals surface area contributed by atoms with Crippen molar-refractivity contribution in [2.45, 2.75) is 50.1 Å². The zero-order valence-corrected chi connectivity index (χ0v) is 16.7. The summed E-state index contributed by atoms with van der Waals surface area (Å²) in [6.07, 6.45) is 8.43. The molecule has 0 spiro atoms. The van der Waals surface area contributed by atoms with Gasteiger partial charge in [0, 0.05) is 42.0 Å². The van der Waals surface area contributed by atoms with Gasteiger partial charge in [0.1, 0.15) is 11.6 Å². The number of hydrogen-bond acceptors (Lipinski definition) is 5. The van der Waals surface area contributed by atoms with Crippen LogP contribution in [0.1, 0.15) is 65.1 Å². The van der Waals surface area contributed by atoms with Gasteiger partial charge in [-0.15, -0.1) is 0 Å². The van der Waals surface area contributed by atoms with Crippen LogP contribution in [0.25, 0.3) is 0 Å². The summed E-state index contributed by atoms with van der Waals surface area (Å²) in [5, 5.41) is 3.54. The highest BCUT2D eigenvalue weighted by Crippen LogP contribution is 2.48. The molecule has 2 aliphatic heterocycles. The summed E-state index contributed by atoms with van der Waals surface area (Å²) in [6, 6.07) is 14.0. The Morgan fingerprint density at radius 3 is 2.63 bits per heavy atom. The number of carbonyl (C=O) groups excluding carboxylic acids is 1. The van der Waals surface area contributed by atoms with E-state index in [9.17, 15) is 4.79 Å². The Balaban J connectivity index is 1.43.